The molecule has 20 heavy (non-hydrogen) atoms. The maximum absolute atomic E-state index is 13.9. The van der Waals surface area contributed by atoms with Crippen molar-refractivity contribution in [3.05, 3.63) is 52.6 Å². The smallest absolute Gasteiger partial charge is 0.266 e. The first-order chi connectivity index (χ1) is 9.58. The zero-order valence-electron chi connectivity index (χ0n) is 10.3. The fourth-order valence-electron chi connectivity index (χ4n) is 1.98. The summed E-state index contributed by atoms with van der Waals surface area (Å²) in [6.07, 6.45) is 0.967. The molecular weight excluding hydrogens is 268 g/mol. The van der Waals surface area contributed by atoms with Crippen LogP contribution in [0.15, 0.2) is 40.3 Å². The van der Waals surface area contributed by atoms with E-state index in [1.807, 2.05) is 0 Å². The Morgan fingerprint density at radius 1 is 1.20 bits per heavy atom. The van der Waals surface area contributed by atoms with Crippen molar-refractivity contribution >= 4 is 17.8 Å². The Bertz CT molecular complexity index is 687. The Hall–Kier alpha value is -2.70. The van der Waals surface area contributed by atoms with E-state index < -0.39 is 17.5 Å². The molecule has 1 aromatic carbocycles. The Balaban J connectivity index is 2.27. The van der Waals surface area contributed by atoms with E-state index in [1.54, 1.807) is 6.92 Å². The van der Waals surface area contributed by atoms with Crippen LogP contribution in [0.2, 0.25) is 0 Å². The van der Waals surface area contributed by atoms with E-state index >= 15 is 0 Å². The first-order valence-corrected chi connectivity index (χ1v) is 5.75. The minimum absolute atomic E-state index is 0.0363. The topological polar surface area (TPSA) is 62.7 Å². The molecule has 0 spiro atoms. The number of hydrogen-bond acceptors (Lipinski definition) is 4. The molecule has 0 atom stereocenters. The van der Waals surface area contributed by atoms with Crippen molar-refractivity contribution in [2.24, 2.45) is 4.99 Å². The van der Waals surface area contributed by atoms with Gasteiger partial charge >= 0.3 is 0 Å². The average Bonchev–Trinajstić information content (AvgIpc) is 2.66. The first-order valence-electron chi connectivity index (χ1n) is 5.75. The lowest BCUT2D eigenvalue weighted by Gasteiger charge is -2.08. The summed E-state index contributed by atoms with van der Waals surface area (Å²) in [5.41, 5.74) is 2.69. The lowest BCUT2D eigenvalue weighted by molar-refractivity contribution is -0.113. The van der Waals surface area contributed by atoms with Gasteiger partial charge in [0, 0.05) is 0 Å². The summed E-state index contributed by atoms with van der Waals surface area (Å²) >= 11 is 0. The highest BCUT2D eigenvalue weighted by molar-refractivity contribution is 6.28. The zero-order chi connectivity index (χ0) is 14.3. The lowest BCUT2D eigenvalue weighted by atomic mass is 10.1. The zero-order valence-corrected chi connectivity index (χ0v) is 10.3. The number of nitrogens with zero attached hydrogens (tertiary/aromatic N) is 1. The van der Waals surface area contributed by atoms with Crippen LogP contribution in [0.3, 0.4) is 0 Å². The van der Waals surface area contributed by atoms with Crippen LogP contribution >= 0.6 is 0 Å². The van der Waals surface area contributed by atoms with Gasteiger partial charge in [-0.1, -0.05) is 6.07 Å². The third-order valence-electron chi connectivity index (χ3n) is 2.90. The molecule has 0 saturated heterocycles. The summed E-state index contributed by atoms with van der Waals surface area (Å²) in [7, 11) is 0. The fourth-order valence-corrected chi connectivity index (χ4v) is 1.98. The van der Waals surface area contributed by atoms with E-state index in [0.29, 0.717) is 11.5 Å². The number of carbonyl (C=O) groups excluding carboxylic acids is 1. The molecule has 7 heteroatoms. The number of nitrogens with one attached hydrogen (secondary N) is 2. The van der Waals surface area contributed by atoms with Gasteiger partial charge in [0.05, 0.1) is 11.8 Å². The van der Waals surface area contributed by atoms with E-state index in [-0.39, 0.29) is 17.0 Å². The van der Waals surface area contributed by atoms with E-state index in [9.17, 15) is 13.6 Å². The quantitative estimate of drug-likeness (QED) is 0.819. The molecule has 3 rings (SSSR count). The molecule has 0 unspecified atom stereocenters. The maximum Gasteiger partial charge on any atom is 0.266 e. The second kappa shape index (κ2) is 4.44. The molecule has 0 bridgehead atoms. The first kappa shape index (κ1) is 12.3. The summed E-state index contributed by atoms with van der Waals surface area (Å²) in [5, 5.41) is 2.53. The van der Waals surface area contributed by atoms with Crippen molar-refractivity contribution in [1.82, 2.24) is 10.8 Å². The molecule has 1 aromatic rings. The number of carbonyl (C=O) groups is 1. The van der Waals surface area contributed by atoms with Crippen LogP contribution in [-0.2, 0) is 9.63 Å². The van der Waals surface area contributed by atoms with Crippen molar-refractivity contribution in [2.45, 2.75) is 6.92 Å². The van der Waals surface area contributed by atoms with Crippen LogP contribution < -0.4 is 10.8 Å². The normalized spacial score (nSPS) is 17.4. The number of fused-ring (bicyclic) bond motifs is 1. The van der Waals surface area contributed by atoms with Gasteiger partial charge in [-0.15, -0.1) is 0 Å². The van der Waals surface area contributed by atoms with Crippen molar-refractivity contribution in [3.63, 3.8) is 0 Å². The van der Waals surface area contributed by atoms with Crippen molar-refractivity contribution in [1.29, 1.82) is 0 Å². The van der Waals surface area contributed by atoms with Crippen LogP contribution in [0.1, 0.15) is 12.5 Å². The van der Waals surface area contributed by atoms with Crippen LogP contribution in [-0.4, -0.2) is 12.1 Å². The highest BCUT2D eigenvalue weighted by atomic mass is 19.1. The molecule has 2 aliphatic heterocycles. The van der Waals surface area contributed by atoms with E-state index in [1.165, 1.54) is 6.07 Å². The predicted molar refractivity (Wildman–Crippen MR) is 66.8 cm³/mol. The maximum atomic E-state index is 13.9. The average molecular weight is 277 g/mol. The standard InChI is InChI=1S/C13H9F2N3O2/c1-6-11-13(18-20-6)12(16-5-9(19)17-11)10-7(14)3-2-4-8(10)15/h2-5,18H,1H3,(H,17,19). The minimum Gasteiger partial charge on any atom is -0.385 e. The van der Waals surface area contributed by atoms with Gasteiger partial charge in [0.1, 0.15) is 28.7 Å². The Labute approximate surface area is 112 Å². The number of hydrogen-bond donors (Lipinski definition) is 2. The van der Waals surface area contributed by atoms with Crippen molar-refractivity contribution in [3.8, 4) is 0 Å². The number of allylic oxidation sites excluding steroid dienone is 1. The summed E-state index contributed by atoms with van der Waals surface area (Å²) < 4.78 is 27.8. The predicted octanol–water partition coefficient (Wildman–Crippen LogP) is 1.60. The van der Waals surface area contributed by atoms with Gasteiger partial charge in [-0.2, -0.15) is 0 Å². The molecule has 0 aliphatic carbocycles. The molecule has 0 radical (unpaired) electrons. The molecule has 0 aromatic heterocycles. The SMILES string of the molecule is CC1=C2NC(=O)C=NC(c3c(F)cccc3F)=C2NO1. The molecular formula is C13H9F2N3O2. The Morgan fingerprint density at radius 2 is 1.90 bits per heavy atom. The fraction of sp³-hybridized carbons (Fsp3) is 0.0769. The van der Waals surface area contributed by atoms with Crippen LogP contribution in [0.5, 0.6) is 0 Å². The summed E-state index contributed by atoms with van der Waals surface area (Å²) in [6.45, 7) is 1.61. The molecule has 0 fully saturated rings. The van der Waals surface area contributed by atoms with E-state index in [2.05, 4.69) is 15.8 Å². The highest BCUT2D eigenvalue weighted by Gasteiger charge is 2.29. The summed E-state index contributed by atoms with van der Waals surface area (Å²) in [6, 6.07) is 3.49. The molecule has 1 amide bonds. The number of aliphatic imine (C=N–C) groups is 1. The molecule has 5 nitrogen and oxygen atoms in total. The third-order valence-corrected chi connectivity index (χ3v) is 2.90. The molecule has 2 N–H and O–H groups in total. The van der Waals surface area contributed by atoms with Gasteiger partial charge in [-0.3, -0.25) is 4.79 Å². The number of hydroxylamine groups is 1. The van der Waals surface area contributed by atoms with Gasteiger partial charge < -0.3 is 10.2 Å². The van der Waals surface area contributed by atoms with Crippen molar-refractivity contribution < 1.29 is 18.4 Å². The van der Waals surface area contributed by atoms with Gasteiger partial charge in [0.25, 0.3) is 5.91 Å². The van der Waals surface area contributed by atoms with Crippen molar-refractivity contribution in [2.75, 3.05) is 0 Å². The monoisotopic (exact) mass is 277 g/mol. The van der Waals surface area contributed by atoms with Gasteiger partial charge in [-0.25, -0.2) is 19.3 Å². The third kappa shape index (κ3) is 1.83. The number of halogens is 2. The highest BCUT2D eigenvalue weighted by Crippen LogP contribution is 2.31. The Kier molecular flexibility index (Phi) is 2.74. The summed E-state index contributed by atoms with van der Waals surface area (Å²) in [5.74, 6) is -1.67. The van der Waals surface area contributed by atoms with Crippen LogP contribution in [0.25, 0.3) is 5.70 Å². The lowest BCUT2D eigenvalue weighted by Crippen LogP contribution is -2.24. The summed E-state index contributed by atoms with van der Waals surface area (Å²) in [4.78, 5) is 20.5. The molecule has 0 saturated carbocycles. The van der Waals surface area contributed by atoms with Gasteiger partial charge in [-0.05, 0) is 19.1 Å². The Morgan fingerprint density at radius 3 is 2.60 bits per heavy atom. The number of amides is 1. The molecule has 2 heterocycles. The van der Waals surface area contributed by atoms with Gasteiger partial charge in [0.15, 0.2) is 5.76 Å². The van der Waals surface area contributed by atoms with Gasteiger partial charge in [0.2, 0.25) is 0 Å². The number of benzene rings is 1. The van der Waals surface area contributed by atoms with E-state index in [0.717, 1.165) is 18.3 Å². The molecule has 102 valence electrons. The van der Waals surface area contributed by atoms with Crippen LogP contribution in [0, 0.1) is 11.6 Å². The second-order valence-electron chi connectivity index (χ2n) is 4.20. The molecule has 2 aliphatic rings. The van der Waals surface area contributed by atoms with E-state index in [4.69, 9.17) is 4.84 Å². The largest absolute Gasteiger partial charge is 0.385 e. The number of rotatable bonds is 1. The van der Waals surface area contributed by atoms with Crippen LogP contribution in [0.4, 0.5) is 8.78 Å². The second-order valence-corrected chi connectivity index (χ2v) is 4.20. The minimum atomic E-state index is -0.773.